The van der Waals surface area contributed by atoms with E-state index in [1.54, 1.807) is 30.7 Å². The third-order valence-electron chi connectivity index (χ3n) is 5.03. The minimum absolute atomic E-state index is 0.00998. The van der Waals surface area contributed by atoms with E-state index in [1.807, 2.05) is 36.4 Å². The van der Waals surface area contributed by atoms with Crippen LogP contribution in [0, 0.1) is 0 Å². The lowest BCUT2D eigenvalue weighted by molar-refractivity contribution is 0.0939. The van der Waals surface area contributed by atoms with E-state index in [0.29, 0.717) is 24.2 Å². The summed E-state index contributed by atoms with van der Waals surface area (Å²) >= 11 is 0. The number of hydrogen-bond acceptors (Lipinski definition) is 5. The fourth-order valence-electron chi connectivity index (χ4n) is 3.40. The van der Waals surface area contributed by atoms with E-state index in [2.05, 4.69) is 20.3 Å². The van der Waals surface area contributed by atoms with Gasteiger partial charge >= 0.3 is 0 Å². The lowest BCUT2D eigenvalue weighted by Crippen LogP contribution is -2.26. The lowest BCUT2D eigenvalue weighted by Gasteiger charge is -2.05. The summed E-state index contributed by atoms with van der Waals surface area (Å²) in [5.41, 5.74) is 4.58. The van der Waals surface area contributed by atoms with Gasteiger partial charge in [0.1, 0.15) is 11.4 Å². The van der Waals surface area contributed by atoms with E-state index in [-0.39, 0.29) is 24.8 Å². The number of ketones is 1. The fourth-order valence-corrected chi connectivity index (χ4v) is 3.40. The highest BCUT2D eigenvalue weighted by Crippen LogP contribution is 2.25. The molecule has 0 unspecified atom stereocenters. The Labute approximate surface area is 179 Å². The van der Waals surface area contributed by atoms with Crippen LogP contribution in [0.5, 0.6) is 0 Å². The third-order valence-corrected chi connectivity index (χ3v) is 5.03. The van der Waals surface area contributed by atoms with E-state index in [4.69, 9.17) is 5.11 Å². The molecular weight excluding hydrogens is 392 g/mol. The van der Waals surface area contributed by atoms with Gasteiger partial charge in [-0.3, -0.25) is 19.6 Å². The molecule has 3 N–H and O–H groups in total. The Hall–Kier alpha value is -3.84. The van der Waals surface area contributed by atoms with E-state index in [0.717, 1.165) is 27.6 Å². The zero-order chi connectivity index (χ0) is 21.6. The number of carbonyl (C=O) groups excluding carboxylic acids is 2. The van der Waals surface area contributed by atoms with Crippen molar-refractivity contribution < 1.29 is 14.7 Å². The Morgan fingerprint density at radius 2 is 1.77 bits per heavy atom. The molecule has 7 heteroatoms. The van der Waals surface area contributed by atoms with Crippen molar-refractivity contribution in [3.63, 3.8) is 0 Å². The van der Waals surface area contributed by atoms with Crippen LogP contribution in [0.2, 0.25) is 0 Å². The number of benzene rings is 1. The highest BCUT2D eigenvalue weighted by atomic mass is 16.3. The average Bonchev–Trinajstić information content (AvgIpc) is 3.25. The van der Waals surface area contributed by atoms with Crippen molar-refractivity contribution in [2.24, 2.45) is 0 Å². The summed E-state index contributed by atoms with van der Waals surface area (Å²) < 4.78 is 0. The van der Waals surface area contributed by atoms with Crippen LogP contribution < -0.4 is 5.32 Å². The van der Waals surface area contributed by atoms with Gasteiger partial charge in [-0.25, -0.2) is 0 Å². The molecule has 0 aliphatic carbocycles. The molecule has 156 valence electrons. The van der Waals surface area contributed by atoms with Crippen LogP contribution in [-0.2, 0) is 6.42 Å². The Kier molecular flexibility index (Phi) is 6.14. The normalized spacial score (nSPS) is 10.9. The second kappa shape index (κ2) is 9.32. The maximum atomic E-state index is 12.6. The zero-order valence-corrected chi connectivity index (χ0v) is 16.8. The number of aromatic amines is 1. The molecule has 0 saturated carbocycles. The number of aromatic nitrogens is 3. The molecule has 1 aromatic carbocycles. The number of rotatable bonds is 8. The van der Waals surface area contributed by atoms with Gasteiger partial charge in [-0.05, 0) is 65.6 Å². The van der Waals surface area contributed by atoms with Gasteiger partial charge in [0, 0.05) is 42.5 Å². The predicted molar refractivity (Wildman–Crippen MR) is 118 cm³/mol. The molecular formula is C24H22N4O3. The Morgan fingerprint density at radius 1 is 0.968 bits per heavy atom. The zero-order valence-electron chi connectivity index (χ0n) is 16.8. The van der Waals surface area contributed by atoms with Crippen molar-refractivity contribution >= 4 is 22.6 Å². The van der Waals surface area contributed by atoms with Crippen LogP contribution in [0.4, 0.5) is 0 Å². The second-order valence-corrected chi connectivity index (χ2v) is 7.17. The first-order valence-corrected chi connectivity index (χ1v) is 10.0. The largest absolute Gasteiger partial charge is 0.395 e. The Morgan fingerprint density at radius 3 is 2.58 bits per heavy atom. The van der Waals surface area contributed by atoms with Crippen LogP contribution in [0.25, 0.3) is 22.0 Å². The number of amides is 1. The van der Waals surface area contributed by atoms with E-state index < -0.39 is 0 Å². The summed E-state index contributed by atoms with van der Waals surface area (Å²) in [4.78, 5) is 36.1. The van der Waals surface area contributed by atoms with Gasteiger partial charge in [-0.2, -0.15) is 0 Å². The number of aliphatic hydroxyl groups excluding tert-OH is 1. The van der Waals surface area contributed by atoms with Crippen molar-refractivity contribution in [1.82, 2.24) is 20.3 Å². The van der Waals surface area contributed by atoms with Crippen LogP contribution in [0.3, 0.4) is 0 Å². The number of nitrogens with one attached hydrogen (secondary N) is 2. The fraction of sp³-hybridized carbons (Fsp3) is 0.167. The number of fused-ring (bicyclic) bond motifs is 1. The number of Topliss-reactive ketones (excluding diaryl/α,β-unsaturated/α-hetero) is 1. The minimum atomic E-state index is -0.266. The molecule has 4 aromatic rings. The summed E-state index contributed by atoms with van der Waals surface area (Å²) in [7, 11) is 0. The van der Waals surface area contributed by atoms with Gasteiger partial charge in [-0.15, -0.1) is 0 Å². The summed E-state index contributed by atoms with van der Waals surface area (Å²) in [5.74, 6) is -0.276. The number of carbonyl (C=O) groups is 2. The highest BCUT2D eigenvalue weighted by molar-refractivity contribution is 5.99. The van der Waals surface area contributed by atoms with Crippen molar-refractivity contribution in [1.29, 1.82) is 0 Å². The predicted octanol–water partition coefficient (Wildman–Crippen LogP) is 3.16. The van der Waals surface area contributed by atoms with Gasteiger partial charge in [0.25, 0.3) is 5.91 Å². The molecule has 7 nitrogen and oxygen atoms in total. The highest BCUT2D eigenvalue weighted by Gasteiger charge is 2.12. The molecule has 0 atom stereocenters. The number of aliphatic hydroxyl groups is 1. The molecule has 0 spiro atoms. The molecule has 3 aromatic heterocycles. The molecule has 1 amide bonds. The van der Waals surface area contributed by atoms with Crippen LogP contribution in [0.1, 0.15) is 33.0 Å². The number of pyridine rings is 2. The number of hydrogen-bond donors (Lipinski definition) is 3. The number of H-pyrrole nitrogens is 1. The van der Waals surface area contributed by atoms with Gasteiger partial charge in [0.15, 0.2) is 5.78 Å². The number of aryl methyl sites for hydroxylation is 1. The number of nitrogens with zero attached hydrogens (tertiary/aromatic N) is 2. The van der Waals surface area contributed by atoms with Gasteiger partial charge in [-0.1, -0.05) is 6.07 Å². The van der Waals surface area contributed by atoms with Crippen LogP contribution >= 0.6 is 0 Å². The minimum Gasteiger partial charge on any atom is -0.395 e. The molecule has 0 radical (unpaired) electrons. The molecule has 0 bridgehead atoms. The van der Waals surface area contributed by atoms with Crippen molar-refractivity contribution in [2.75, 3.05) is 13.2 Å². The van der Waals surface area contributed by atoms with Crippen molar-refractivity contribution in [3.05, 3.63) is 84.1 Å². The smallest absolute Gasteiger partial charge is 0.267 e. The van der Waals surface area contributed by atoms with Gasteiger partial charge < -0.3 is 15.4 Å². The molecule has 4 rings (SSSR count). The standard InChI is InChI=1S/C24H22N4O3/c29-12-11-27-24(31)22-15-19-13-17(2-3-20(19)28-22)18-7-10-26-21(14-18)23(30)4-1-16-5-8-25-9-6-16/h2-3,5-10,13-15,28-29H,1,4,11-12H2,(H,27,31). The monoisotopic (exact) mass is 414 g/mol. The molecule has 3 heterocycles. The molecule has 0 aliphatic heterocycles. The van der Waals surface area contributed by atoms with Crippen molar-refractivity contribution in [3.8, 4) is 11.1 Å². The Bertz CT molecular complexity index is 1220. The Balaban J connectivity index is 1.52. The quantitative estimate of drug-likeness (QED) is 0.384. The van der Waals surface area contributed by atoms with Crippen LogP contribution in [0.15, 0.2) is 67.1 Å². The lowest BCUT2D eigenvalue weighted by atomic mass is 10.0. The first kappa shape index (κ1) is 20.4. The van der Waals surface area contributed by atoms with E-state index >= 15 is 0 Å². The average molecular weight is 414 g/mol. The van der Waals surface area contributed by atoms with Crippen molar-refractivity contribution in [2.45, 2.75) is 12.8 Å². The summed E-state index contributed by atoms with van der Waals surface area (Å²) in [5, 5.41) is 12.4. The maximum absolute atomic E-state index is 12.6. The maximum Gasteiger partial charge on any atom is 0.267 e. The first-order valence-electron chi connectivity index (χ1n) is 10.0. The summed E-state index contributed by atoms with van der Waals surface area (Å²) in [6.45, 7) is 0.0935. The molecule has 0 saturated heterocycles. The molecule has 0 fully saturated rings. The van der Waals surface area contributed by atoms with Gasteiger partial charge in [0.05, 0.1) is 6.61 Å². The molecule has 0 aliphatic rings. The van der Waals surface area contributed by atoms with E-state index in [1.165, 1.54) is 0 Å². The topological polar surface area (TPSA) is 108 Å². The summed E-state index contributed by atoms with van der Waals surface area (Å²) in [6, 6.07) is 15.1. The second-order valence-electron chi connectivity index (χ2n) is 7.17. The summed E-state index contributed by atoms with van der Waals surface area (Å²) in [6.07, 6.45) is 6.10. The third kappa shape index (κ3) is 4.84. The molecule has 31 heavy (non-hydrogen) atoms. The van der Waals surface area contributed by atoms with Crippen LogP contribution in [-0.4, -0.2) is 44.9 Å². The van der Waals surface area contributed by atoms with E-state index in [9.17, 15) is 9.59 Å². The SMILES string of the molecule is O=C(CCc1ccncc1)c1cc(-c2ccc3[nH]c(C(=O)NCCO)cc3c2)ccn1. The first-order chi connectivity index (χ1) is 15.1. The van der Waals surface area contributed by atoms with Gasteiger partial charge in [0.2, 0.25) is 0 Å².